The van der Waals surface area contributed by atoms with E-state index in [-0.39, 0.29) is 141 Å². The van der Waals surface area contributed by atoms with Gasteiger partial charge >= 0.3 is 5.97 Å². The fourth-order valence-electron chi connectivity index (χ4n) is 4.27. The lowest BCUT2D eigenvalue weighted by atomic mass is 10.1. The molecule has 0 heterocycles. The third kappa shape index (κ3) is 21.4. The van der Waals surface area contributed by atoms with E-state index in [1.165, 1.54) is 19.2 Å². The van der Waals surface area contributed by atoms with Crippen LogP contribution < -0.4 is 19.5 Å². The second-order valence-electron chi connectivity index (χ2n) is 10.8. The van der Waals surface area contributed by atoms with Crippen molar-refractivity contribution in [2.45, 2.75) is 6.54 Å². The molecule has 0 aliphatic carbocycles. The summed E-state index contributed by atoms with van der Waals surface area (Å²) in [6.45, 7) is 4.10. The Morgan fingerprint density at radius 2 is 0.946 bits per heavy atom. The molecule has 0 aliphatic rings. The summed E-state index contributed by atoms with van der Waals surface area (Å²) in [7, 11) is 1.30. The third-order valence-electron chi connectivity index (χ3n) is 6.87. The molecule has 0 radical (unpaired) electrons. The molecule has 0 spiro atoms. The van der Waals surface area contributed by atoms with Crippen LogP contribution in [0.15, 0.2) is 51.7 Å². The molecule has 2 rings (SSSR count). The highest BCUT2D eigenvalue weighted by atomic mass is 16.6. The Hall–Kier alpha value is -5.53. The highest BCUT2D eigenvalue weighted by Crippen LogP contribution is 2.39. The van der Waals surface area contributed by atoms with Gasteiger partial charge in [0, 0.05) is 46.5 Å². The van der Waals surface area contributed by atoms with Crippen molar-refractivity contribution >= 4 is 11.9 Å². The van der Waals surface area contributed by atoms with Crippen LogP contribution in [0.2, 0.25) is 0 Å². The predicted molar refractivity (Wildman–Crippen MR) is 199 cm³/mol. The second-order valence-corrected chi connectivity index (χ2v) is 10.8. The molecule has 0 unspecified atom stereocenters. The maximum atomic E-state index is 13.5. The van der Waals surface area contributed by atoms with Crippen LogP contribution in [0.3, 0.4) is 0 Å². The summed E-state index contributed by atoms with van der Waals surface area (Å²) in [4.78, 5) is 33.3. The Morgan fingerprint density at radius 3 is 1.36 bits per heavy atom. The summed E-state index contributed by atoms with van der Waals surface area (Å²) in [6.07, 6.45) is 0. The topological polar surface area (TPSA) is 285 Å². The summed E-state index contributed by atoms with van der Waals surface area (Å²) >= 11 is 0. The van der Waals surface area contributed by atoms with Crippen LogP contribution in [-0.2, 0) is 39.7 Å². The van der Waals surface area contributed by atoms with E-state index in [4.69, 9.17) is 64.0 Å². The predicted octanol–water partition coefficient (Wildman–Crippen LogP) is 4.57. The van der Waals surface area contributed by atoms with Crippen molar-refractivity contribution in [1.82, 2.24) is 5.32 Å². The third-order valence-corrected chi connectivity index (χ3v) is 6.87. The minimum Gasteiger partial charge on any atom is -0.487 e. The Kier molecular flexibility index (Phi) is 26.5. The highest BCUT2D eigenvalue weighted by Gasteiger charge is 2.20. The first-order valence-corrected chi connectivity index (χ1v) is 17.5. The number of hydrogen-bond donors (Lipinski definition) is 1. The number of benzene rings is 2. The average Bonchev–Trinajstić information content (AvgIpc) is 3.22. The van der Waals surface area contributed by atoms with Gasteiger partial charge in [-0.3, -0.25) is 4.79 Å². The Labute approximate surface area is 323 Å². The number of carbonyl (C=O) groups is 2. The minimum atomic E-state index is -0.468. The van der Waals surface area contributed by atoms with Gasteiger partial charge in [-0.2, -0.15) is 0 Å². The van der Waals surface area contributed by atoms with Crippen LogP contribution in [0.25, 0.3) is 31.3 Å². The van der Waals surface area contributed by atoms with Gasteiger partial charge in [0.2, 0.25) is 5.75 Å². The van der Waals surface area contributed by atoms with Crippen molar-refractivity contribution in [3.05, 3.63) is 84.4 Å². The molecular formula is C34H48N10O12. The summed E-state index contributed by atoms with van der Waals surface area (Å²) in [6, 6.07) is 9.69. The van der Waals surface area contributed by atoms with Gasteiger partial charge in [-0.1, -0.05) is 27.5 Å². The number of carbonyl (C=O) groups excluding carboxylic acids is 2. The van der Waals surface area contributed by atoms with E-state index >= 15 is 0 Å². The molecule has 22 nitrogen and oxygen atoms in total. The summed E-state index contributed by atoms with van der Waals surface area (Å²) in [5.41, 5.74) is 26.4. The molecule has 0 atom stereocenters. The van der Waals surface area contributed by atoms with Crippen molar-refractivity contribution < 1.29 is 57.0 Å². The van der Waals surface area contributed by atoms with Crippen LogP contribution >= 0.6 is 0 Å². The molecule has 0 saturated heterocycles. The normalized spacial score (nSPS) is 10.4. The molecule has 56 heavy (non-hydrogen) atoms. The van der Waals surface area contributed by atoms with Crippen molar-refractivity contribution in [1.29, 1.82) is 0 Å². The van der Waals surface area contributed by atoms with Gasteiger partial charge in [0.05, 0.1) is 92.0 Å². The Balaban J connectivity index is 2.15. The largest absolute Gasteiger partial charge is 0.487 e. The first-order chi connectivity index (χ1) is 27.5. The lowest BCUT2D eigenvalue weighted by molar-refractivity contribution is 0.0331. The molecule has 2 aromatic rings. The number of methoxy groups -OCH3 is 1. The number of nitrogens with one attached hydrogen (secondary N) is 1. The number of azide groups is 3. The van der Waals surface area contributed by atoms with Gasteiger partial charge in [-0.05, 0) is 46.4 Å². The molecule has 1 amide bonds. The Bertz CT molecular complexity index is 1510. The lowest BCUT2D eigenvalue weighted by Gasteiger charge is -2.19. The van der Waals surface area contributed by atoms with Crippen LogP contribution in [0, 0.1) is 0 Å². The average molecular weight is 789 g/mol. The first-order valence-electron chi connectivity index (χ1n) is 17.5. The molecule has 0 aliphatic heterocycles. The maximum absolute atomic E-state index is 13.5. The fraction of sp³-hybridized carbons (Fsp3) is 0.588. The number of rotatable bonds is 34. The monoisotopic (exact) mass is 788 g/mol. The first kappa shape index (κ1) is 46.6. The summed E-state index contributed by atoms with van der Waals surface area (Å²) < 4.78 is 55.8. The number of esters is 1. The molecule has 306 valence electrons. The van der Waals surface area contributed by atoms with Crippen molar-refractivity contribution in [3.63, 3.8) is 0 Å². The zero-order valence-corrected chi connectivity index (χ0v) is 31.3. The van der Waals surface area contributed by atoms with E-state index < -0.39 is 11.9 Å². The van der Waals surface area contributed by atoms with Crippen LogP contribution in [0.5, 0.6) is 17.2 Å². The SMILES string of the molecule is COC(=O)c1ccc(CNC(=O)c2cc(OCCOCCOCCN=[N+]=[N-])c(OCCOCCOCCN=[N+]=[N-])c(OCCOCCOCCN=[N+]=[N-])c2)cc1. The zero-order chi connectivity index (χ0) is 40.3. The van der Waals surface area contributed by atoms with Gasteiger partial charge in [-0.15, -0.1) is 0 Å². The quantitative estimate of drug-likeness (QED) is 0.0335. The minimum absolute atomic E-state index is 0.0820. The lowest BCUT2D eigenvalue weighted by Crippen LogP contribution is -2.23. The standard InChI is InChI=1S/C34H48N10O12/c1-47-34(46)28-4-2-27(3-5-28)26-38-33(45)29-24-30(54-21-18-51-15-12-48-9-6-39-42-35)32(56-23-20-53-17-14-50-11-8-41-44-37)31(25-29)55-22-19-52-16-13-49-10-7-40-43-36/h2-5,24-25H,6-23,26H2,1H3,(H,38,45). The molecule has 0 saturated carbocycles. The highest BCUT2D eigenvalue weighted by molar-refractivity contribution is 5.95. The molecule has 0 bridgehead atoms. The number of hydrogen-bond acceptors (Lipinski definition) is 15. The van der Waals surface area contributed by atoms with E-state index in [2.05, 4.69) is 35.4 Å². The van der Waals surface area contributed by atoms with Gasteiger partial charge in [0.15, 0.2) is 11.5 Å². The number of nitrogens with zero attached hydrogens (tertiary/aromatic N) is 9. The van der Waals surface area contributed by atoms with E-state index in [1.54, 1.807) is 24.3 Å². The van der Waals surface area contributed by atoms with E-state index in [9.17, 15) is 9.59 Å². The van der Waals surface area contributed by atoms with E-state index in [1.807, 2.05) is 0 Å². The zero-order valence-electron chi connectivity index (χ0n) is 31.3. The molecule has 22 heteroatoms. The summed E-state index contributed by atoms with van der Waals surface area (Å²) in [5.74, 6) is -0.267. The van der Waals surface area contributed by atoms with E-state index in [0.29, 0.717) is 12.2 Å². The molecule has 0 fully saturated rings. The Morgan fingerprint density at radius 1 is 0.554 bits per heavy atom. The van der Waals surface area contributed by atoms with Gasteiger partial charge in [0.25, 0.3) is 5.91 Å². The van der Waals surface area contributed by atoms with Crippen LogP contribution in [0.1, 0.15) is 26.3 Å². The van der Waals surface area contributed by atoms with E-state index in [0.717, 1.165) is 5.56 Å². The number of ether oxygens (including phenoxy) is 10. The summed E-state index contributed by atoms with van der Waals surface area (Å²) in [5, 5.41) is 13.1. The maximum Gasteiger partial charge on any atom is 0.337 e. The number of amides is 1. The fourth-order valence-corrected chi connectivity index (χ4v) is 4.27. The second kappa shape index (κ2) is 31.8. The van der Waals surface area contributed by atoms with Gasteiger partial charge in [0.1, 0.15) is 19.8 Å². The van der Waals surface area contributed by atoms with Gasteiger partial charge in [-0.25, -0.2) is 4.79 Å². The van der Waals surface area contributed by atoms with Crippen molar-refractivity contribution in [2.24, 2.45) is 15.3 Å². The van der Waals surface area contributed by atoms with Crippen molar-refractivity contribution in [2.75, 3.05) is 126 Å². The molecular weight excluding hydrogens is 740 g/mol. The van der Waals surface area contributed by atoms with Crippen LogP contribution in [-0.4, -0.2) is 138 Å². The smallest absolute Gasteiger partial charge is 0.337 e. The van der Waals surface area contributed by atoms with Crippen LogP contribution in [0.4, 0.5) is 0 Å². The van der Waals surface area contributed by atoms with Crippen molar-refractivity contribution in [3.8, 4) is 17.2 Å². The molecule has 1 N–H and O–H groups in total. The van der Waals surface area contributed by atoms with Gasteiger partial charge < -0.3 is 52.7 Å². The molecule has 2 aromatic carbocycles. The molecule has 0 aromatic heterocycles.